The van der Waals surface area contributed by atoms with Crippen molar-refractivity contribution in [3.05, 3.63) is 0 Å². The number of carbonyl (C=O) groups is 4. The molecule has 0 aliphatic carbocycles. The summed E-state index contributed by atoms with van der Waals surface area (Å²) in [5.41, 5.74) is 10.6. The van der Waals surface area contributed by atoms with Gasteiger partial charge in [0.25, 0.3) is 0 Å². The highest BCUT2D eigenvalue weighted by atomic mass is 32.2. The van der Waals surface area contributed by atoms with Crippen LogP contribution in [0.1, 0.15) is 25.7 Å². The van der Waals surface area contributed by atoms with Gasteiger partial charge in [0.15, 0.2) is 0 Å². The summed E-state index contributed by atoms with van der Waals surface area (Å²) in [4.78, 5) is 47.5. The van der Waals surface area contributed by atoms with Gasteiger partial charge in [-0.3, -0.25) is 14.4 Å². The summed E-state index contributed by atoms with van der Waals surface area (Å²) in [5, 5.41) is 25.7. The number of aliphatic hydroxyl groups excluding tert-OH is 1. The van der Waals surface area contributed by atoms with Crippen molar-refractivity contribution in [2.75, 3.05) is 31.7 Å². The molecule has 0 heterocycles. The number of amides is 3. The van der Waals surface area contributed by atoms with Gasteiger partial charge in [0.2, 0.25) is 17.7 Å². The summed E-state index contributed by atoms with van der Waals surface area (Å²) in [7, 11) is 0. The van der Waals surface area contributed by atoms with Crippen molar-refractivity contribution in [2.45, 2.75) is 43.8 Å². The summed E-state index contributed by atoms with van der Waals surface area (Å²) < 4.78 is 0. The average Bonchev–Trinajstić information content (AvgIpc) is 2.67. The number of rotatable bonds is 15. The first-order valence-corrected chi connectivity index (χ1v) is 10.3. The van der Waals surface area contributed by atoms with Gasteiger partial charge in [-0.25, -0.2) is 4.79 Å². The van der Waals surface area contributed by atoms with Gasteiger partial charge in [-0.2, -0.15) is 11.8 Å². The molecule has 11 nitrogen and oxygen atoms in total. The maximum Gasteiger partial charge on any atom is 0.326 e. The second-order valence-electron chi connectivity index (χ2n) is 6.03. The van der Waals surface area contributed by atoms with Crippen molar-refractivity contribution in [1.82, 2.24) is 16.0 Å². The van der Waals surface area contributed by atoms with E-state index in [4.69, 9.17) is 11.5 Å². The van der Waals surface area contributed by atoms with Gasteiger partial charge < -0.3 is 37.6 Å². The number of aliphatic hydroxyl groups is 1. The first kappa shape index (κ1) is 26.1. The summed E-state index contributed by atoms with van der Waals surface area (Å²) in [6, 6.07) is -3.38. The van der Waals surface area contributed by atoms with E-state index in [1.165, 1.54) is 11.8 Å². The third kappa shape index (κ3) is 10.4. The molecule has 9 N–H and O–H groups in total. The van der Waals surface area contributed by atoms with E-state index in [-0.39, 0.29) is 19.4 Å². The van der Waals surface area contributed by atoms with Crippen molar-refractivity contribution in [3.63, 3.8) is 0 Å². The van der Waals surface area contributed by atoms with Crippen molar-refractivity contribution in [1.29, 1.82) is 0 Å². The molecule has 3 atom stereocenters. The second kappa shape index (κ2) is 15.1. The van der Waals surface area contributed by atoms with Crippen LogP contribution in [0.4, 0.5) is 0 Å². The van der Waals surface area contributed by atoms with Crippen LogP contribution in [-0.2, 0) is 19.2 Å². The molecule has 162 valence electrons. The molecule has 0 aliphatic rings. The summed E-state index contributed by atoms with van der Waals surface area (Å²) in [6.07, 6.45) is 3.45. The minimum Gasteiger partial charge on any atom is -0.480 e. The third-order valence-electron chi connectivity index (χ3n) is 3.82. The van der Waals surface area contributed by atoms with Crippen LogP contribution in [0.3, 0.4) is 0 Å². The highest BCUT2D eigenvalue weighted by molar-refractivity contribution is 7.98. The molecule has 12 heteroatoms. The molecule has 0 aromatic heterocycles. The second-order valence-corrected chi connectivity index (χ2v) is 7.02. The molecule has 0 aromatic carbocycles. The van der Waals surface area contributed by atoms with Crippen LogP contribution >= 0.6 is 11.8 Å². The van der Waals surface area contributed by atoms with E-state index in [2.05, 4.69) is 16.0 Å². The Hall–Kier alpha value is -1.89. The van der Waals surface area contributed by atoms with Crippen LogP contribution in [0.25, 0.3) is 0 Å². The predicted octanol–water partition coefficient (Wildman–Crippen LogP) is -2.64. The van der Waals surface area contributed by atoms with E-state index in [0.29, 0.717) is 25.1 Å². The van der Waals surface area contributed by atoms with E-state index in [9.17, 15) is 29.4 Å². The maximum absolute atomic E-state index is 12.5. The molecule has 0 aromatic rings. The number of unbranched alkanes of at least 4 members (excludes halogenated alkanes) is 1. The monoisotopic (exact) mass is 421 g/mol. The smallest absolute Gasteiger partial charge is 0.326 e. The number of aliphatic carboxylic acids is 1. The molecule has 0 rings (SSSR count). The van der Waals surface area contributed by atoms with Crippen molar-refractivity contribution < 1.29 is 29.4 Å². The first-order chi connectivity index (χ1) is 13.3. The lowest BCUT2D eigenvalue weighted by atomic mass is 10.1. The number of hydrogen-bond donors (Lipinski definition) is 7. The zero-order valence-electron chi connectivity index (χ0n) is 16.0. The Morgan fingerprint density at radius 3 is 2.04 bits per heavy atom. The number of nitrogens with two attached hydrogens (primary N) is 2. The lowest BCUT2D eigenvalue weighted by molar-refractivity contribution is -0.142. The van der Waals surface area contributed by atoms with Crippen LogP contribution in [0.15, 0.2) is 0 Å². The lowest BCUT2D eigenvalue weighted by Gasteiger charge is -2.23. The Morgan fingerprint density at radius 2 is 1.54 bits per heavy atom. The Bertz CT molecular complexity index is 522. The van der Waals surface area contributed by atoms with Crippen LogP contribution in [0, 0.1) is 0 Å². The fourth-order valence-electron chi connectivity index (χ4n) is 2.25. The summed E-state index contributed by atoms with van der Waals surface area (Å²) in [5.74, 6) is -2.69. The molecule has 0 saturated carbocycles. The highest BCUT2D eigenvalue weighted by Gasteiger charge is 2.28. The number of nitrogens with one attached hydrogen (secondary N) is 3. The lowest BCUT2D eigenvalue weighted by Crippen LogP contribution is -2.57. The molecule has 0 spiro atoms. The van der Waals surface area contributed by atoms with E-state index < -0.39 is 48.4 Å². The summed E-state index contributed by atoms with van der Waals surface area (Å²) in [6.45, 7) is -0.613. The van der Waals surface area contributed by atoms with Crippen LogP contribution in [0.5, 0.6) is 0 Å². The Kier molecular flexibility index (Phi) is 14.1. The predicted molar refractivity (Wildman–Crippen MR) is 105 cm³/mol. The quantitative estimate of drug-likeness (QED) is 0.138. The average molecular weight is 422 g/mol. The van der Waals surface area contributed by atoms with Gasteiger partial charge in [0, 0.05) is 0 Å². The number of carboxylic acid groups (broad SMARTS) is 1. The van der Waals surface area contributed by atoms with Gasteiger partial charge in [0.1, 0.15) is 18.1 Å². The third-order valence-corrected chi connectivity index (χ3v) is 4.47. The molecular weight excluding hydrogens is 390 g/mol. The maximum atomic E-state index is 12.5. The van der Waals surface area contributed by atoms with Gasteiger partial charge >= 0.3 is 5.97 Å². The number of thioether (sulfide) groups is 1. The molecule has 0 bridgehead atoms. The highest BCUT2D eigenvalue weighted by Crippen LogP contribution is 2.05. The standard InChI is InChI=1S/C16H31N5O6S/c1-28-7-5-10(20-15(25)12(9-22)19-13(23)8-18)14(24)21-11(16(26)27)4-2-3-6-17/h10-12,22H,2-9,17-18H2,1H3,(H,19,23)(H,20,25)(H,21,24)(H,26,27). The Labute approximate surface area is 168 Å². The van der Waals surface area contributed by atoms with Gasteiger partial charge in [-0.15, -0.1) is 0 Å². The van der Waals surface area contributed by atoms with Gasteiger partial charge in [-0.1, -0.05) is 0 Å². The number of carboxylic acids is 1. The summed E-state index contributed by atoms with van der Waals surface area (Å²) >= 11 is 1.45. The van der Waals surface area contributed by atoms with E-state index >= 15 is 0 Å². The minimum absolute atomic E-state index is 0.216. The van der Waals surface area contributed by atoms with E-state index in [1.807, 2.05) is 6.26 Å². The van der Waals surface area contributed by atoms with Gasteiger partial charge in [0.05, 0.1) is 13.2 Å². The SMILES string of the molecule is CSCCC(NC(=O)C(CO)NC(=O)CN)C(=O)NC(CCCCN)C(=O)O. The van der Waals surface area contributed by atoms with Crippen LogP contribution in [0.2, 0.25) is 0 Å². The van der Waals surface area contributed by atoms with Crippen molar-refractivity contribution in [2.24, 2.45) is 11.5 Å². The number of carbonyl (C=O) groups excluding carboxylic acids is 3. The van der Waals surface area contributed by atoms with Crippen LogP contribution in [-0.4, -0.2) is 83.7 Å². The molecule has 0 saturated heterocycles. The zero-order chi connectivity index (χ0) is 21.5. The molecular formula is C16H31N5O6S. The van der Waals surface area contributed by atoms with E-state index in [1.54, 1.807) is 0 Å². The zero-order valence-corrected chi connectivity index (χ0v) is 16.8. The molecule has 0 radical (unpaired) electrons. The molecule has 0 fully saturated rings. The Morgan fingerprint density at radius 1 is 0.929 bits per heavy atom. The first-order valence-electron chi connectivity index (χ1n) is 8.93. The normalized spacial score (nSPS) is 13.9. The fourth-order valence-corrected chi connectivity index (χ4v) is 2.72. The number of hydrogen-bond acceptors (Lipinski definition) is 8. The topological polar surface area (TPSA) is 197 Å². The molecule has 28 heavy (non-hydrogen) atoms. The van der Waals surface area contributed by atoms with Crippen molar-refractivity contribution in [3.8, 4) is 0 Å². The molecule has 3 unspecified atom stereocenters. The van der Waals surface area contributed by atoms with Gasteiger partial charge in [-0.05, 0) is 44.2 Å². The minimum atomic E-state index is -1.26. The Balaban J connectivity index is 5.05. The molecule has 0 aliphatic heterocycles. The molecule has 3 amide bonds. The van der Waals surface area contributed by atoms with Crippen LogP contribution < -0.4 is 27.4 Å². The van der Waals surface area contributed by atoms with E-state index in [0.717, 1.165) is 0 Å². The van der Waals surface area contributed by atoms with Crippen molar-refractivity contribution >= 4 is 35.5 Å². The fraction of sp³-hybridized carbons (Fsp3) is 0.750. The largest absolute Gasteiger partial charge is 0.480 e.